The average Bonchev–Trinajstić information content (AvgIpc) is 2.93. The summed E-state index contributed by atoms with van der Waals surface area (Å²) in [7, 11) is 1.74. The molecule has 1 fully saturated rings. The molecule has 3 rings (SSSR count). The molecular formula is C24H32O. The van der Waals surface area contributed by atoms with E-state index < -0.39 is 0 Å². The Labute approximate surface area is 153 Å². The second-order valence-corrected chi connectivity index (χ2v) is 8.68. The first kappa shape index (κ1) is 18.0. The SMILES string of the molecule is COc1cccc(-c2ccc(CC(C)C)cc2[C@@H]2CCCC2(C)C)c1. The van der Waals surface area contributed by atoms with Crippen molar-refractivity contribution < 1.29 is 4.74 Å². The van der Waals surface area contributed by atoms with Crippen LogP contribution < -0.4 is 4.74 Å². The Hall–Kier alpha value is -1.76. The number of rotatable bonds is 5. The standard InChI is InChI=1S/C24H32O/c1-17(2)14-18-11-12-21(19-8-6-9-20(16-19)25-5)22(15-18)23-10-7-13-24(23,3)4/h6,8-9,11-12,15-17,23H,7,10,13-14H2,1-5H3/t23-/m0/s1. The monoisotopic (exact) mass is 336 g/mol. The smallest absolute Gasteiger partial charge is 0.119 e. The van der Waals surface area contributed by atoms with E-state index in [1.165, 1.54) is 41.5 Å². The van der Waals surface area contributed by atoms with Crippen molar-refractivity contribution in [3.05, 3.63) is 53.6 Å². The molecule has 0 radical (unpaired) electrons. The van der Waals surface area contributed by atoms with Crippen LogP contribution >= 0.6 is 0 Å². The zero-order valence-electron chi connectivity index (χ0n) is 16.4. The zero-order valence-corrected chi connectivity index (χ0v) is 16.4. The summed E-state index contributed by atoms with van der Waals surface area (Å²) in [5.74, 6) is 2.26. The fourth-order valence-electron chi connectivity index (χ4n) is 4.46. The van der Waals surface area contributed by atoms with E-state index in [-0.39, 0.29) is 0 Å². The highest BCUT2D eigenvalue weighted by atomic mass is 16.5. The number of methoxy groups -OCH3 is 1. The van der Waals surface area contributed by atoms with Crippen LogP contribution in [0.3, 0.4) is 0 Å². The fraction of sp³-hybridized carbons (Fsp3) is 0.500. The van der Waals surface area contributed by atoms with Gasteiger partial charge in [0, 0.05) is 0 Å². The molecule has 1 aliphatic carbocycles. The summed E-state index contributed by atoms with van der Waals surface area (Å²) in [6.45, 7) is 9.48. The van der Waals surface area contributed by atoms with Crippen molar-refractivity contribution in [1.29, 1.82) is 0 Å². The summed E-state index contributed by atoms with van der Waals surface area (Å²) < 4.78 is 5.46. The van der Waals surface area contributed by atoms with Gasteiger partial charge in [0.15, 0.2) is 0 Å². The molecule has 0 aromatic heterocycles. The van der Waals surface area contributed by atoms with Crippen LogP contribution in [0.4, 0.5) is 0 Å². The highest BCUT2D eigenvalue weighted by Gasteiger charge is 2.36. The molecule has 134 valence electrons. The van der Waals surface area contributed by atoms with Crippen LogP contribution in [-0.2, 0) is 6.42 Å². The Morgan fingerprint density at radius 2 is 1.92 bits per heavy atom. The third-order valence-electron chi connectivity index (χ3n) is 5.77. The van der Waals surface area contributed by atoms with Gasteiger partial charge in [0.2, 0.25) is 0 Å². The van der Waals surface area contributed by atoms with Crippen molar-refractivity contribution in [2.24, 2.45) is 11.3 Å². The molecule has 0 aliphatic heterocycles. The lowest BCUT2D eigenvalue weighted by molar-refractivity contribution is 0.332. The lowest BCUT2D eigenvalue weighted by atomic mass is 9.75. The largest absolute Gasteiger partial charge is 0.497 e. The van der Waals surface area contributed by atoms with Gasteiger partial charge in [0.1, 0.15) is 5.75 Å². The van der Waals surface area contributed by atoms with Crippen molar-refractivity contribution in [3.8, 4) is 16.9 Å². The number of ether oxygens (including phenoxy) is 1. The number of hydrogen-bond donors (Lipinski definition) is 0. The molecule has 25 heavy (non-hydrogen) atoms. The molecule has 2 aromatic rings. The Balaban J connectivity index is 2.10. The third kappa shape index (κ3) is 3.92. The van der Waals surface area contributed by atoms with E-state index in [1.54, 1.807) is 7.11 Å². The maximum Gasteiger partial charge on any atom is 0.119 e. The summed E-state index contributed by atoms with van der Waals surface area (Å²) in [6.07, 6.45) is 5.11. The minimum atomic E-state index is 0.379. The highest BCUT2D eigenvalue weighted by molar-refractivity contribution is 5.70. The molecular weight excluding hydrogens is 304 g/mol. The van der Waals surface area contributed by atoms with Crippen LogP contribution in [0.1, 0.15) is 64.0 Å². The second kappa shape index (κ2) is 7.23. The zero-order chi connectivity index (χ0) is 18.0. The first-order chi connectivity index (χ1) is 11.9. The van der Waals surface area contributed by atoms with Crippen molar-refractivity contribution in [1.82, 2.24) is 0 Å². The van der Waals surface area contributed by atoms with Gasteiger partial charge in [-0.1, -0.05) is 64.4 Å². The van der Waals surface area contributed by atoms with Gasteiger partial charge in [-0.3, -0.25) is 0 Å². The Morgan fingerprint density at radius 3 is 2.56 bits per heavy atom. The van der Waals surface area contributed by atoms with E-state index in [2.05, 4.69) is 64.1 Å². The lowest BCUT2D eigenvalue weighted by Crippen LogP contribution is -2.16. The normalized spacial score (nSPS) is 19.4. The van der Waals surface area contributed by atoms with Gasteiger partial charge >= 0.3 is 0 Å². The van der Waals surface area contributed by atoms with Crippen molar-refractivity contribution in [2.45, 2.75) is 59.3 Å². The third-order valence-corrected chi connectivity index (χ3v) is 5.77. The quantitative estimate of drug-likeness (QED) is 0.580. The van der Waals surface area contributed by atoms with Crippen LogP contribution in [0.5, 0.6) is 5.75 Å². The minimum absolute atomic E-state index is 0.379. The van der Waals surface area contributed by atoms with Crippen LogP contribution in [0, 0.1) is 11.3 Å². The van der Waals surface area contributed by atoms with Gasteiger partial charge < -0.3 is 4.74 Å². The van der Waals surface area contributed by atoms with E-state index in [1.807, 2.05) is 6.07 Å². The van der Waals surface area contributed by atoms with Crippen molar-refractivity contribution in [3.63, 3.8) is 0 Å². The van der Waals surface area contributed by atoms with Crippen LogP contribution in [0.25, 0.3) is 11.1 Å². The molecule has 0 bridgehead atoms. The molecule has 0 spiro atoms. The Bertz CT molecular complexity index is 727. The van der Waals surface area contributed by atoms with E-state index >= 15 is 0 Å². The average molecular weight is 337 g/mol. The number of hydrogen-bond acceptors (Lipinski definition) is 1. The second-order valence-electron chi connectivity index (χ2n) is 8.68. The van der Waals surface area contributed by atoms with E-state index in [9.17, 15) is 0 Å². The first-order valence-electron chi connectivity index (χ1n) is 9.68. The van der Waals surface area contributed by atoms with Gasteiger partial charge in [-0.15, -0.1) is 0 Å². The molecule has 0 N–H and O–H groups in total. The first-order valence-corrected chi connectivity index (χ1v) is 9.68. The maximum absolute atomic E-state index is 5.46. The molecule has 1 nitrogen and oxygen atoms in total. The predicted octanol–water partition coefficient (Wildman–Crippen LogP) is 6.85. The molecule has 2 aromatic carbocycles. The number of benzene rings is 2. The van der Waals surface area contributed by atoms with Crippen LogP contribution in [0.15, 0.2) is 42.5 Å². The van der Waals surface area contributed by atoms with Gasteiger partial charge in [-0.2, -0.15) is 0 Å². The van der Waals surface area contributed by atoms with E-state index in [4.69, 9.17) is 4.74 Å². The molecule has 0 saturated heterocycles. The van der Waals surface area contributed by atoms with Crippen LogP contribution in [0.2, 0.25) is 0 Å². The predicted molar refractivity (Wildman–Crippen MR) is 107 cm³/mol. The van der Waals surface area contributed by atoms with E-state index in [0.717, 1.165) is 12.2 Å². The molecule has 0 heterocycles. The molecule has 0 unspecified atom stereocenters. The van der Waals surface area contributed by atoms with Gasteiger partial charge in [0.05, 0.1) is 7.11 Å². The molecule has 0 amide bonds. The summed E-state index contributed by atoms with van der Waals surface area (Å²) in [6, 6.07) is 15.7. The summed E-state index contributed by atoms with van der Waals surface area (Å²) >= 11 is 0. The van der Waals surface area contributed by atoms with Crippen LogP contribution in [-0.4, -0.2) is 7.11 Å². The molecule has 1 atom stereocenters. The molecule has 1 heteroatoms. The minimum Gasteiger partial charge on any atom is -0.497 e. The summed E-state index contributed by atoms with van der Waals surface area (Å²) in [5.41, 5.74) is 6.04. The van der Waals surface area contributed by atoms with Gasteiger partial charge in [-0.05, 0) is 70.9 Å². The highest BCUT2D eigenvalue weighted by Crippen LogP contribution is 2.51. The van der Waals surface area contributed by atoms with E-state index in [0.29, 0.717) is 17.3 Å². The van der Waals surface area contributed by atoms with Gasteiger partial charge in [-0.25, -0.2) is 0 Å². The Kier molecular flexibility index (Phi) is 5.22. The van der Waals surface area contributed by atoms with Crippen molar-refractivity contribution in [2.75, 3.05) is 7.11 Å². The summed E-state index contributed by atoms with van der Waals surface area (Å²) in [4.78, 5) is 0. The maximum atomic E-state index is 5.46. The van der Waals surface area contributed by atoms with Crippen molar-refractivity contribution >= 4 is 0 Å². The van der Waals surface area contributed by atoms with Gasteiger partial charge in [0.25, 0.3) is 0 Å². The summed E-state index contributed by atoms with van der Waals surface area (Å²) in [5, 5.41) is 0. The molecule has 1 aliphatic rings. The lowest BCUT2D eigenvalue weighted by Gasteiger charge is -2.30. The Morgan fingerprint density at radius 1 is 1.12 bits per heavy atom. The molecule has 1 saturated carbocycles. The topological polar surface area (TPSA) is 9.23 Å². The fourth-order valence-corrected chi connectivity index (χ4v) is 4.46.